The van der Waals surface area contributed by atoms with Crippen LogP contribution >= 0.6 is 11.6 Å². The molecule has 0 spiro atoms. The van der Waals surface area contributed by atoms with Gasteiger partial charge in [0.15, 0.2) is 0 Å². The Labute approximate surface area is 104 Å². The van der Waals surface area contributed by atoms with Crippen molar-refractivity contribution in [1.29, 1.82) is 0 Å². The zero-order valence-electron chi connectivity index (χ0n) is 9.07. The van der Waals surface area contributed by atoms with Crippen molar-refractivity contribution in [2.75, 3.05) is 5.73 Å². The van der Waals surface area contributed by atoms with Gasteiger partial charge in [0.25, 0.3) is 0 Å². The van der Waals surface area contributed by atoms with Crippen LogP contribution in [-0.4, -0.2) is 4.98 Å². The topological polar surface area (TPSA) is 41.8 Å². The lowest BCUT2D eigenvalue weighted by Crippen LogP contribution is -1.87. The van der Waals surface area contributed by atoms with E-state index >= 15 is 0 Å². The molecule has 0 aliphatic carbocycles. The van der Waals surface area contributed by atoms with Crippen LogP contribution in [0.3, 0.4) is 0 Å². The Morgan fingerprint density at radius 2 is 1.82 bits per heavy atom. The second kappa shape index (κ2) is 3.82. The van der Waals surface area contributed by atoms with Crippen molar-refractivity contribution in [2.24, 2.45) is 0 Å². The Balaban J connectivity index is 2.17. The third-order valence-electron chi connectivity index (χ3n) is 2.84. The molecule has 17 heavy (non-hydrogen) atoms. The number of nitrogens with two attached hydrogens (primary N) is 1. The summed E-state index contributed by atoms with van der Waals surface area (Å²) in [6.45, 7) is 0. The van der Waals surface area contributed by atoms with E-state index in [1.54, 1.807) is 0 Å². The predicted octanol–water partition coefficient (Wildman–Crippen LogP) is 4.07. The Morgan fingerprint density at radius 1 is 1.00 bits per heavy atom. The fourth-order valence-corrected chi connectivity index (χ4v) is 2.06. The highest BCUT2D eigenvalue weighted by molar-refractivity contribution is 6.33. The molecule has 0 atom stereocenters. The van der Waals surface area contributed by atoms with Gasteiger partial charge >= 0.3 is 0 Å². The standard InChI is InChI=1S/C14H11ClN2/c15-11-6-5-10(7-12(11)16)14-8-9-3-1-2-4-13(9)17-14/h1-8,17H,16H2. The van der Waals surface area contributed by atoms with Gasteiger partial charge in [-0.2, -0.15) is 0 Å². The smallest absolute Gasteiger partial charge is 0.0635 e. The zero-order chi connectivity index (χ0) is 11.8. The van der Waals surface area contributed by atoms with Crippen molar-refractivity contribution < 1.29 is 0 Å². The van der Waals surface area contributed by atoms with Gasteiger partial charge in [0.05, 0.1) is 10.7 Å². The molecule has 0 bridgehead atoms. The van der Waals surface area contributed by atoms with Crippen molar-refractivity contribution in [2.45, 2.75) is 0 Å². The number of aromatic amines is 1. The lowest BCUT2D eigenvalue weighted by atomic mass is 10.1. The van der Waals surface area contributed by atoms with Crippen LogP contribution in [-0.2, 0) is 0 Å². The second-order valence-electron chi connectivity index (χ2n) is 4.01. The number of nitrogens with one attached hydrogen (secondary N) is 1. The number of H-pyrrole nitrogens is 1. The SMILES string of the molecule is Nc1cc(-c2cc3ccccc3[nH]2)ccc1Cl. The molecule has 0 radical (unpaired) electrons. The van der Waals surface area contributed by atoms with Gasteiger partial charge in [-0.3, -0.25) is 0 Å². The number of hydrogen-bond acceptors (Lipinski definition) is 1. The molecule has 0 fully saturated rings. The minimum Gasteiger partial charge on any atom is -0.398 e. The average Bonchev–Trinajstić information content (AvgIpc) is 2.76. The molecule has 0 unspecified atom stereocenters. The van der Waals surface area contributed by atoms with Crippen LogP contribution in [0, 0.1) is 0 Å². The molecule has 0 amide bonds. The first kappa shape index (κ1) is 10.2. The van der Waals surface area contributed by atoms with Crippen LogP contribution in [0.2, 0.25) is 5.02 Å². The maximum Gasteiger partial charge on any atom is 0.0635 e. The number of rotatable bonds is 1. The molecule has 0 aliphatic rings. The average molecular weight is 243 g/mol. The first-order valence-corrected chi connectivity index (χ1v) is 5.75. The minimum atomic E-state index is 0.588. The summed E-state index contributed by atoms with van der Waals surface area (Å²) in [5, 5.41) is 1.78. The number of para-hydroxylation sites is 1. The summed E-state index contributed by atoms with van der Waals surface area (Å²) in [4.78, 5) is 3.36. The predicted molar refractivity (Wildman–Crippen MR) is 73.2 cm³/mol. The summed E-state index contributed by atoms with van der Waals surface area (Å²) in [6, 6.07) is 15.9. The molecule has 3 heteroatoms. The molecule has 1 aromatic heterocycles. The number of nitrogen functional groups attached to an aromatic ring is 1. The molecule has 1 heterocycles. The van der Waals surface area contributed by atoms with E-state index < -0.39 is 0 Å². The van der Waals surface area contributed by atoms with Gasteiger partial charge in [0.1, 0.15) is 0 Å². The van der Waals surface area contributed by atoms with Crippen molar-refractivity contribution in [3.8, 4) is 11.3 Å². The Morgan fingerprint density at radius 3 is 2.59 bits per heavy atom. The normalized spacial score (nSPS) is 10.9. The number of fused-ring (bicyclic) bond motifs is 1. The van der Waals surface area contributed by atoms with Crippen LogP contribution in [0.25, 0.3) is 22.2 Å². The summed E-state index contributed by atoms with van der Waals surface area (Å²) in [5.41, 5.74) is 9.62. The van der Waals surface area contributed by atoms with Gasteiger partial charge in [0.2, 0.25) is 0 Å². The van der Waals surface area contributed by atoms with Crippen LogP contribution in [0.4, 0.5) is 5.69 Å². The highest BCUT2D eigenvalue weighted by Gasteiger charge is 2.04. The molecular formula is C14H11ClN2. The fourth-order valence-electron chi connectivity index (χ4n) is 1.94. The summed E-state index contributed by atoms with van der Waals surface area (Å²) < 4.78 is 0. The Bertz CT molecular complexity index is 653. The van der Waals surface area contributed by atoms with Crippen molar-refractivity contribution in [1.82, 2.24) is 4.98 Å². The van der Waals surface area contributed by atoms with Gasteiger partial charge in [-0.05, 0) is 24.3 Å². The van der Waals surface area contributed by atoms with Gasteiger partial charge in [-0.15, -0.1) is 0 Å². The highest BCUT2D eigenvalue weighted by atomic mass is 35.5. The number of benzene rings is 2. The van der Waals surface area contributed by atoms with Crippen molar-refractivity contribution in [3.05, 3.63) is 53.6 Å². The van der Waals surface area contributed by atoms with Gasteiger partial charge in [-0.1, -0.05) is 35.9 Å². The number of aromatic nitrogens is 1. The van der Waals surface area contributed by atoms with Crippen molar-refractivity contribution in [3.63, 3.8) is 0 Å². The van der Waals surface area contributed by atoms with Crippen LogP contribution in [0.5, 0.6) is 0 Å². The van der Waals surface area contributed by atoms with Crippen LogP contribution in [0.1, 0.15) is 0 Å². The third-order valence-corrected chi connectivity index (χ3v) is 3.18. The first-order chi connectivity index (χ1) is 8.24. The lowest BCUT2D eigenvalue weighted by Gasteiger charge is -2.01. The van der Waals surface area contributed by atoms with E-state index in [0.717, 1.165) is 16.8 Å². The highest BCUT2D eigenvalue weighted by Crippen LogP contribution is 2.28. The summed E-state index contributed by atoms with van der Waals surface area (Å²) in [7, 11) is 0. The van der Waals surface area contributed by atoms with E-state index in [1.165, 1.54) is 5.39 Å². The third kappa shape index (κ3) is 1.77. The monoisotopic (exact) mass is 242 g/mol. The Kier molecular flexibility index (Phi) is 2.30. The maximum atomic E-state index is 5.91. The molecular weight excluding hydrogens is 232 g/mol. The molecule has 84 valence electrons. The molecule has 0 aliphatic heterocycles. The number of hydrogen-bond donors (Lipinski definition) is 2. The number of halogens is 1. The maximum absolute atomic E-state index is 5.91. The first-order valence-electron chi connectivity index (χ1n) is 5.37. The molecule has 3 rings (SSSR count). The van der Waals surface area contributed by atoms with Crippen LogP contribution < -0.4 is 5.73 Å². The van der Waals surface area contributed by atoms with Crippen LogP contribution in [0.15, 0.2) is 48.5 Å². The molecule has 0 saturated carbocycles. The van der Waals surface area contributed by atoms with E-state index in [2.05, 4.69) is 23.2 Å². The minimum absolute atomic E-state index is 0.588. The number of anilines is 1. The summed E-state index contributed by atoms with van der Waals surface area (Å²) in [5.74, 6) is 0. The van der Waals surface area contributed by atoms with Gasteiger partial charge in [-0.25, -0.2) is 0 Å². The molecule has 0 saturated heterocycles. The van der Waals surface area contributed by atoms with Gasteiger partial charge in [0, 0.05) is 22.2 Å². The summed E-state index contributed by atoms with van der Waals surface area (Å²) >= 11 is 5.91. The zero-order valence-corrected chi connectivity index (χ0v) is 9.83. The van der Waals surface area contributed by atoms with E-state index in [0.29, 0.717) is 10.7 Å². The second-order valence-corrected chi connectivity index (χ2v) is 4.41. The Hall–Kier alpha value is -1.93. The molecule has 3 N–H and O–H groups in total. The quantitative estimate of drug-likeness (QED) is 0.621. The van der Waals surface area contributed by atoms with Gasteiger partial charge < -0.3 is 10.7 Å². The van der Waals surface area contributed by atoms with E-state index in [4.69, 9.17) is 17.3 Å². The molecule has 2 aromatic carbocycles. The van der Waals surface area contributed by atoms with Crippen molar-refractivity contribution >= 4 is 28.2 Å². The fraction of sp³-hybridized carbons (Fsp3) is 0. The molecule has 3 aromatic rings. The van der Waals surface area contributed by atoms with E-state index in [9.17, 15) is 0 Å². The lowest BCUT2D eigenvalue weighted by molar-refractivity contribution is 1.45. The van der Waals surface area contributed by atoms with E-state index in [-0.39, 0.29) is 0 Å². The summed E-state index contributed by atoms with van der Waals surface area (Å²) in [6.07, 6.45) is 0. The largest absolute Gasteiger partial charge is 0.398 e. The molecule has 2 nitrogen and oxygen atoms in total. The van der Waals surface area contributed by atoms with E-state index in [1.807, 2.05) is 30.3 Å².